The number of urea groups is 1. The molecule has 7 amide bonds. The van der Waals surface area contributed by atoms with Crippen molar-refractivity contribution < 1.29 is 76.8 Å². The predicted octanol–water partition coefficient (Wildman–Crippen LogP) is 7.13. The van der Waals surface area contributed by atoms with E-state index < -0.39 is 107 Å². The number of epoxide rings is 1. The lowest BCUT2D eigenvalue weighted by molar-refractivity contribution is -0.197. The summed E-state index contributed by atoms with van der Waals surface area (Å²) in [4.78, 5) is 136. The van der Waals surface area contributed by atoms with Gasteiger partial charge < -0.3 is 50.2 Å². The summed E-state index contributed by atoms with van der Waals surface area (Å²) in [6, 6.07) is 6.63. The van der Waals surface area contributed by atoms with Gasteiger partial charge in [0.2, 0.25) is 11.8 Å². The van der Waals surface area contributed by atoms with Gasteiger partial charge in [-0.1, -0.05) is 84.2 Å². The van der Waals surface area contributed by atoms with Crippen molar-refractivity contribution in [1.82, 2.24) is 15.7 Å². The van der Waals surface area contributed by atoms with Crippen molar-refractivity contribution >= 4 is 98.2 Å². The average Bonchev–Trinajstić information content (AvgIpc) is 1.90. The molecule has 0 saturated carbocycles. The number of fused-ring (bicyclic) bond motifs is 5. The van der Waals surface area contributed by atoms with Crippen LogP contribution in [0.25, 0.3) is 0 Å². The number of primary amides is 1. The van der Waals surface area contributed by atoms with E-state index in [4.69, 9.17) is 41.1 Å². The van der Waals surface area contributed by atoms with E-state index in [1.54, 1.807) is 59.0 Å². The Morgan fingerprint density at radius 2 is 1.69 bits per heavy atom. The number of allylic oxidation sites excluding steroid dienone is 3. The van der Waals surface area contributed by atoms with Gasteiger partial charge in [-0.05, 0) is 93.7 Å². The van der Waals surface area contributed by atoms with Gasteiger partial charge in [0.05, 0.1) is 35.7 Å². The number of halogens is 2. The monoisotopic (exact) mass is 1240 g/mol. The summed E-state index contributed by atoms with van der Waals surface area (Å²) in [5.74, 6) is -5.94. The van der Waals surface area contributed by atoms with Crippen LogP contribution < -0.4 is 26.6 Å². The van der Waals surface area contributed by atoms with Gasteiger partial charge in [0, 0.05) is 87.6 Å². The molecule has 2 aromatic rings. The zero-order valence-electron chi connectivity index (χ0n) is 48.1. The highest BCUT2D eigenvalue weighted by Gasteiger charge is 2.64. The third-order valence-electron chi connectivity index (χ3n) is 15.7. The molecule has 4 heterocycles. The molecule has 4 aliphatic heterocycles. The quantitative estimate of drug-likeness (QED) is 0.0359. The number of nitrogens with zero attached hydrogens (tertiary/aromatic N) is 2. The number of benzene rings is 2. The number of hydroxylamine groups is 2. The Hall–Kier alpha value is -6.53. The summed E-state index contributed by atoms with van der Waals surface area (Å²) < 4.78 is 24.4. The smallest absolute Gasteiger partial charge is 0.412 e. The van der Waals surface area contributed by atoms with Crippen molar-refractivity contribution in [3.63, 3.8) is 0 Å². The van der Waals surface area contributed by atoms with Crippen LogP contribution >= 0.6 is 27.5 Å². The third-order valence-corrected chi connectivity index (χ3v) is 16.9. The van der Waals surface area contributed by atoms with Crippen LogP contribution in [0.1, 0.15) is 128 Å². The van der Waals surface area contributed by atoms with Crippen molar-refractivity contribution in [3.8, 4) is 0 Å². The molecule has 3 fully saturated rings. The molecule has 4 aliphatic rings. The number of hydrogen-bond donors (Lipinski definition) is 5. The van der Waals surface area contributed by atoms with E-state index >= 15 is 0 Å². The third kappa shape index (κ3) is 17.5. The van der Waals surface area contributed by atoms with Gasteiger partial charge in [-0.3, -0.25) is 38.9 Å². The largest absolute Gasteiger partial charge is 0.462 e. The number of amides is 7. The van der Waals surface area contributed by atoms with Crippen molar-refractivity contribution in [3.05, 3.63) is 80.3 Å². The van der Waals surface area contributed by atoms with Gasteiger partial charge >= 0.3 is 24.1 Å². The first-order chi connectivity index (χ1) is 39.1. The summed E-state index contributed by atoms with van der Waals surface area (Å²) in [5.41, 5.74) is 6.05. The molecule has 22 nitrogen and oxygen atoms in total. The topological polar surface area (TPSA) is 309 Å². The van der Waals surface area contributed by atoms with E-state index in [0.29, 0.717) is 32.2 Å². The first-order valence-electron chi connectivity index (χ1n) is 27.9. The standard InChI is InChI=1S/C59H76BrClN6O16/c1-32(2)40(28-39(68)14-9-10-17-51(73)83-67-48(70)20-21-49(67)71)55(75)65-42(15-12-22-63-56(62)76)44(69)26-37-18-19-38(27-41(37)60)64-57(77)81-47-29-50(72)66(7)43-25-36(24-34(4)53(43)61)23-33(3)13-11-16-46(79-8)59(78)30-45(80-52(74)31-59)35(5)54-58(47,6)82-54/h11,13,16,18-19,24-25,27,32,35,40,42,45-47,54,78H,9-10,12,14-15,17,20-23,26,28-31H2,1-8H3,(H,64,77)(H,65,75)(H3,62,63,76)/b16-11+,33-13+/t35-,40+,42+,45+,46-,47+,54+,58+,59-/m1/s1. The second kappa shape index (κ2) is 28.8. The van der Waals surface area contributed by atoms with Crippen LogP contribution in [0, 0.1) is 24.7 Å². The van der Waals surface area contributed by atoms with Crippen LogP contribution in [0.5, 0.6) is 0 Å². The number of hydrogen-bond acceptors (Lipinski definition) is 16. The Bertz CT molecular complexity index is 2880. The first-order valence-corrected chi connectivity index (χ1v) is 29.0. The maximum Gasteiger partial charge on any atom is 0.412 e. The number of esters is 1. The SMILES string of the molecule is CO[C@@H]1/C=C/C=C(\C)Cc2cc(C)c(Cl)c(c2)N(C)C(=O)C[C@H](OC(=O)Nc2ccc(CC(=O)[C@H](CCCNC(N)=O)NC(=O)[C@@H](CC(=O)CCCCC(=O)ON3C(=O)CCC3=O)C(C)C)c(Br)c2)[C@]2(C)O[C@H]2[C@H](C)[C@@H]2C[C@@]1(O)CC(=O)O2. The Labute approximate surface area is 496 Å². The molecule has 6 N–H and O–H groups in total. The maximum atomic E-state index is 14.4. The fraction of sp³-hybridized carbons (Fsp3) is 0.559. The zero-order valence-corrected chi connectivity index (χ0v) is 50.5. The van der Waals surface area contributed by atoms with Crippen LogP contribution in [-0.2, 0) is 75.0 Å². The summed E-state index contributed by atoms with van der Waals surface area (Å²) in [6.45, 7) is 10.9. The first kappa shape index (κ1) is 65.6. The zero-order chi connectivity index (χ0) is 61.1. The summed E-state index contributed by atoms with van der Waals surface area (Å²) in [7, 11) is 3.03. The van der Waals surface area contributed by atoms with Gasteiger partial charge in [0.1, 0.15) is 35.3 Å². The summed E-state index contributed by atoms with van der Waals surface area (Å²) >= 11 is 10.4. The highest BCUT2D eigenvalue weighted by atomic mass is 79.9. The molecular formula is C59H76BrClN6O16. The van der Waals surface area contributed by atoms with Crippen LogP contribution in [-0.4, -0.2) is 132 Å². The number of nitrogens with one attached hydrogen (secondary N) is 3. The molecule has 0 aliphatic carbocycles. The lowest BCUT2D eigenvalue weighted by Gasteiger charge is -2.41. The van der Waals surface area contributed by atoms with E-state index in [2.05, 4.69) is 31.9 Å². The molecule has 9 atom stereocenters. The number of ether oxygens (including phenoxy) is 4. The molecule has 6 rings (SSSR count). The van der Waals surface area contributed by atoms with E-state index in [1.165, 1.54) is 18.1 Å². The normalized spacial score (nSPS) is 25.5. The Morgan fingerprint density at radius 3 is 2.35 bits per heavy atom. The van der Waals surface area contributed by atoms with Crippen LogP contribution in [0.2, 0.25) is 5.02 Å². The number of ketones is 2. The Kier molecular flexibility index (Phi) is 22.8. The number of nitrogens with two attached hydrogens (primary N) is 1. The van der Waals surface area contributed by atoms with E-state index in [0.717, 1.165) is 16.7 Å². The average molecular weight is 1240 g/mol. The number of anilines is 2. The van der Waals surface area contributed by atoms with Gasteiger partial charge in [-0.2, -0.15) is 0 Å². The fourth-order valence-corrected chi connectivity index (χ4v) is 11.5. The number of carbonyl (C=O) groups excluding carboxylic acids is 10. The van der Waals surface area contributed by atoms with Gasteiger partial charge in [-0.15, -0.1) is 5.06 Å². The fourth-order valence-electron chi connectivity index (χ4n) is 10.7. The number of methoxy groups -OCH3 is 1. The molecule has 3 saturated heterocycles. The predicted molar refractivity (Wildman–Crippen MR) is 307 cm³/mol. The van der Waals surface area contributed by atoms with E-state index in [-0.39, 0.29) is 107 Å². The van der Waals surface area contributed by atoms with Crippen LogP contribution in [0.4, 0.5) is 21.0 Å². The lowest BCUT2D eigenvalue weighted by Crippen LogP contribution is -2.53. The minimum absolute atomic E-state index is 0.00363. The highest BCUT2D eigenvalue weighted by Crippen LogP contribution is 2.50. The molecule has 24 heteroatoms. The molecule has 0 radical (unpaired) electrons. The molecule has 0 unspecified atom stereocenters. The molecule has 2 aromatic carbocycles. The summed E-state index contributed by atoms with van der Waals surface area (Å²) in [5, 5.41) is 20.8. The number of aryl methyl sites for hydroxylation is 1. The Balaban J connectivity index is 1.14. The lowest BCUT2D eigenvalue weighted by atomic mass is 9.78. The van der Waals surface area contributed by atoms with Crippen molar-refractivity contribution in [1.29, 1.82) is 0 Å². The van der Waals surface area contributed by atoms with Gasteiger partial charge in [0.25, 0.3) is 11.8 Å². The van der Waals surface area contributed by atoms with E-state index in [9.17, 15) is 53.1 Å². The molecule has 83 heavy (non-hydrogen) atoms. The number of rotatable bonds is 21. The maximum absolute atomic E-state index is 14.4. The van der Waals surface area contributed by atoms with Crippen molar-refractivity contribution in [2.24, 2.45) is 23.5 Å². The molecule has 0 aromatic heterocycles. The number of imide groups is 1. The van der Waals surface area contributed by atoms with Gasteiger partial charge in [0.15, 0.2) is 5.78 Å². The number of unbranched alkanes of at least 4 members (excludes halogenated alkanes) is 1. The number of aliphatic hydroxyl groups is 1. The highest BCUT2D eigenvalue weighted by molar-refractivity contribution is 9.10. The van der Waals surface area contributed by atoms with Crippen LogP contribution in [0.3, 0.4) is 0 Å². The number of carbonyl (C=O) groups is 10. The molecule has 452 valence electrons. The molecule has 4 bridgehead atoms. The second-order valence-corrected chi connectivity index (χ2v) is 23.8. The second-order valence-electron chi connectivity index (χ2n) is 22.5. The molecular weight excluding hydrogens is 1160 g/mol. The van der Waals surface area contributed by atoms with Gasteiger partial charge in [-0.25, -0.2) is 14.4 Å². The molecule has 0 spiro atoms. The van der Waals surface area contributed by atoms with Crippen molar-refractivity contribution in [2.75, 3.05) is 30.9 Å². The summed E-state index contributed by atoms with van der Waals surface area (Å²) in [6.07, 6.45) is 0.932. The number of Topliss-reactive ketones (excluding diaryl/α,β-unsaturated/α-hetero) is 2. The minimum Gasteiger partial charge on any atom is -0.462 e. The van der Waals surface area contributed by atoms with Crippen molar-refractivity contribution in [2.45, 2.75) is 173 Å². The minimum atomic E-state index is -1.64. The van der Waals surface area contributed by atoms with Crippen LogP contribution in [0.15, 0.2) is 58.6 Å². The Morgan fingerprint density at radius 1 is 0.988 bits per heavy atom. The van der Waals surface area contributed by atoms with E-state index in [1.807, 2.05) is 32.1 Å².